The summed E-state index contributed by atoms with van der Waals surface area (Å²) in [7, 11) is 4.55. The fraction of sp³-hybridized carbons (Fsp3) is 0.120. The average Bonchev–Trinajstić information content (AvgIpc) is 2.89. The second-order valence-corrected chi connectivity index (χ2v) is 7.54. The molecule has 1 heterocycles. The van der Waals surface area contributed by atoms with Crippen molar-refractivity contribution >= 4 is 23.6 Å². The van der Waals surface area contributed by atoms with Gasteiger partial charge in [0.2, 0.25) is 11.6 Å². The molecule has 0 atom stereocenters. The molecule has 178 valence electrons. The van der Waals surface area contributed by atoms with Gasteiger partial charge in [-0.05, 0) is 60.7 Å². The third-order valence-electron chi connectivity index (χ3n) is 5.21. The van der Waals surface area contributed by atoms with Crippen LogP contribution in [-0.2, 0) is 0 Å². The van der Waals surface area contributed by atoms with Gasteiger partial charge >= 0.3 is 0 Å². The van der Waals surface area contributed by atoms with E-state index in [1.807, 2.05) is 0 Å². The normalized spacial score (nSPS) is 10.9. The van der Waals surface area contributed by atoms with Crippen LogP contribution in [0.3, 0.4) is 0 Å². The van der Waals surface area contributed by atoms with E-state index in [0.717, 1.165) is 0 Å². The predicted octanol–water partition coefficient (Wildman–Crippen LogP) is 5.50. The lowest BCUT2D eigenvalue weighted by molar-refractivity contribution is 0.402. The lowest BCUT2D eigenvalue weighted by Crippen LogP contribution is -2.23. The Kier molecular flexibility index (Phi) is 6.93. The molecule has 0 bridgehead atoms. The molecule has 0 fully saturated rings. The summed E-state index contributed by atoms with van der Waals surface area (Å²) in [4.78, 5) is 13.6. The highest BCUT2D eigenvalue weighted by atomic mass is 32.1. The van der Waals surface area contributed by atoms with Crippen molar-refractivity contribution in [3.63, 3.8) is 0 Å². The van der Waals surface area contributed by atoms with E-state index in [4.69, 9.17) is 26.4 Å². The third kappa shape index (κ3) is 4.51. The highest BCUT2D eigenvalue weighted by Gasteiger charge is 2.21. The Bertz CT molecular complexity index is 1510. The number of aromatic nitrogens is 2. The van der Waals surface area contributed by atoms with E-state index >= 15 is 0 Å². The fourth-order valence-corrected chi connectivity index (χ4v) is 3.85. The Morgan fingerprint density at radius 3 is 2.06 bits per heavy atom. The number of hydrogen-bond acceptors (Lipinski definition) is 8. The van der Waals surface area contributed by atoms with Gasteiger partial charge in [-0.25, -0.2) is 0 Å². The van der Waals surface area contributed by atoms with Crippen LogP contribution in [0.25, 0.3) is 11.4 Å². The quantitative estimate of drug-likeness (QED) is 0.271. The van der Waals surface area contributed by atoms with Crippen LogP contribution in [0.15, 0.2) is 87.8 Å². The first-order valence-corrected chi connectivity index (χ1v) is 10.8. The second-order valence-electron chi connectivity index (χ2n) is 7.17. The molecule has 0 saturated heterocycles. The van der Waals surface area contributed by atoms with E-state index < -0.39 is 11.4 Å². The molecule has 0 amide bonds. The predicted molar refractivity (Wildman–Crippen MR) is 134 cm³/mol. The highest BCUT2D eigenvalue weighted by molar-refractivity contribution is 7.71. The first kappa shape index (κ1) is 23.7. The number of benzene rings is 3. The Balaban J connectivity index is 2.03. The van der Waals surface area contributed by atoms with Gasteiger partial charge in [0.05, 0.1) is 32.7 Å². The van der Waals surface area contributed by atoms with Crippen LogP contribution in [0.2, 0.25) is 0 Å². The van der Waals surface area contributed by atoms with Gasteiger partial charge < -0.3 is 19.3 Å². The summed E-state index contributed by atoms with van der Waals surface area (Å²) in [5.74, 6) is 1.03. The Hall–Kier alpha value is -4.44. The number of methoxy groups -OCH3 is 3. The molecule has 0 spiro atoms. The van der Waals surface area contributed by atoms with Crippen LogP contribution < -0.4 is 19.8 Å². The van der Waals surface area contributed by atoms with Gasteiger partial charge in [0.15, 0.2) is 4.77 Å². The van der Waals surface area contributed by atoms with Crippen LogP contribution in [0.5, 0.6) is 23.1 Å². The van der Waals surface area contributed by atoms with Gasteiger partial charge in [-0.3, -0.25) is 13.9 Å². The van der Waals surface area contributed by atoms with E-state index in [1.165, 1.54) is 23.4 Å². The van der Waals surface area contributed by atoms with E-state index in [2.05, 4.69) is 10.2 Å². The Morgan fingerprint density at radius 1 is 0.771 bits per heavy atom. The van der Waals surface area contributed by atoms with E-state index in [0.29, 0.717) is 34.3 Å². The minimum Gasteiger partial charge on any atom is -0.497 e. The molecule has 4 aromatic rings. The van der Waals surface area contributed by atoms with Crippen molar-refractivity contribution in [1.29, 1.82) is 0 Å². The maximum absolute atomic E-state index is 13.6. The van der Waals surface area contributed by atoms with Crippen molar-refractivity contribution in [1.82, 2.24) is 9.13 Å². The Labute approximate surface area is 206 Å². The zero-order valence-corrected chi connectivity index (χ0v) is 20.0. The van der Waals surface area contributed by atoms with Crippen LogP contribution in [-0.4, -0.2) is 35.6 Å². The maximum atomic E-state index is 13.6. The number of nitrogens with zero attached hydrogens (tertiary/aromatic N) is 4. The lowest BCUT2D eigenvalue weighted by Gasteiger charge is -2.17. The smallest absolute Gasteiger partial charge is 0.290 e. The van der Waals surface area contributed by atoms with E-state index in [9.17, 15) is 9.90 Å². The van der Waals surface area contributed by atoms with Crippen molar-refractivity contribution in [2.75, 3.05) is 21.3 Å². The van der Waals surface area contributed by atoms with Gasteiger partial charge in [0.25, 0.3) is 5.56 Å². The van der Waals surface area contributed by atoms with Crippen molar-refractivity contribution in [2.45, 2.75) is 0 Å². The minimum atomic E-state index is -0.650. The summed E-state index contributed by atoms with van der Waals surface area (Å²) < 4.78 is 18.6. The first-order chi connectivity index (χ1) is 17.0. The average molecular weight is 491 g/mol. The minimum absolute atomic E-state index is 0.0124. The van der Waals surface area contributed by atoms with Crippen LogP contribution in [0.1, 0.15) is 0 Å². The highest BCUT2D eigenvalue weighted by Crippen LogP contribution is 2.34. The van der Waals surface area contributed by atoms with Crippen molar-refractivity contribution < 1.29 is 19.3 Å². The molecule has 0 radical (unpaired) electrons. The van der Waals surface area contributed by atoms with Gasteiger partial charge in [-0.2, -0.15) is 0 Å². The summed E-state index contributed by atoms with van der Waals surface area (Å²) in [6.45, 7) is 0. The molecular formula is C25H22N4O5S. The number of para-hydroxylation sites is 3. The lowest BCUT2D eigenvalue weighted by atomic mass is 10.2. The standard InChI is InChI=1S/C25H22N4O5S/c1-32-17-14-12-16(13-15-17)28-23(30)22(27-26-18-8-4-6-10-20(18)33-2)24(31)29(25(28)35)19-9-5-7-11-21(19)34-3/h4-15,31H,1-3H3. The zero-order chi connectivity index (χ0) is 24.9. The second kappa shape index (κ2) is 10.2. The largest absolute Gasteiger partial charge is 0.497 e. The molecule has 0 saturated carbocycles. The molecule has 9 nitrogen and oxygen atoms in total. The summed E-state index contributed by atoms with van der Waals surface area (Å²) >= 11 is 5.66. The summed E-state index contributed by atoms with van der Waals surface area (Å²) in [6.07, 6.45) is 0. The van der Waals surface area contributed by atoms with Crippen molar-refractivity contribution in [3.05, 3.63) is 87.9 Å². The molecular weight excluding hydrogens is 468 g/mol. The number of ether oxygens (including phenoxy) is 3. The summed E-state index contributed by atoms with van der Waals surface area (Å²) in [5.41, 5.74) is 0.302. The molecule has 1 aromatic heterocycles. The molecule has 4 rings (SSSR count). The number of rotatable bonds is 7. The SMILES string of the molecule is COc1ccc(-n2c(=O)c(N=Nc3ccccc3OC)c(O)n(-c3ccccc3OC)c2=S)cc1. The summed E-state index contributed by atoms with van der Waals surface area (Å²) in [6, 6.07) is 20.7. The van der Waals surface area contributed by atoms with E-state index in [1.54, 1.807) is 79.9 Å². The van der Waals surface area contributed by atoms with Crippen LogP contribution in [0.4, 0.5) is 11.4 Å². The first-order valence-electron chi connectivity index (χ1n) is 10.4. The van der Waals surface area contributed by atoms with Gasteiger partial charge in [-0.1, -0.05) is 24.3 Å². The van der Waals surface area contributed by atoms with Crippen LogP contribution in [0, 0.1) is 4.77 Å². The third-order valence-corrected chi connectivity index (χ3v) is 5.58. The van der Waals surface area contributed by atoms with Crippen LogP contribution >= 0.6 is 12.2 Å². The molecule has 0 unspecified atom stereocenters. The van der Waals surface area contributed by atoms with Gasteiger partial charge in [0, 0.05) is 0 Å². The van der Waals surface area contributed by atoms with Crippen molar-refractivity contribution in [2.24, 2.45) is 10.2 Å². The number of azo groups is 1. The van der Waals surface area contributed by atoms with Crippen molar-refractivity contribution in [3.8, 4) is 34.5 Å². The molecule has 0 aliphatic carbocycles. The number of hydrogen-bond donors (Lipinski definition) is 1. The molecule has 10 heteroatoms. The molecule has 0 aliphatic heterocycles. The molecule has 35 heavy (non-hydrogen) atoms. The fourth-order valence-electron chi connectivity index (χ4n) is 3.48. The zero-order valence-electron chi connectivity index (χ0n) is 19.2. The molecule has 3 aromatic carbocycles. The molecule has 0 aliphatic rings. The van der Waals surface area contributed by atoms with Gasteiger partial charge in [-0.15, -0.1) is 10.2 Å². The summed E-state index contributed by atoms with van der Waals surface area (Å²) in [5, 5.41) is 19.5. The monoisotopic (exact) mass is 490 g/mol. The topological polar surface area (TPSA) is 99.6 Å². The maximum Gasteiger partial charge on any atom is 0.290 e. The molecule has 1 N–H and O–H groups in total. The Morgan fingerprint density at radius 2 is 1.40 bits per heavy atom. The van der Waals surface area contributed by atoms with Gasteiger partial charge in [0.1, 0.15) is 22.9 Å². The van der Waals surface area contributed by atoms with E-state index in [-0.39, 0.29) is 10.5 Å². The number of aromatic hydroxyl groups is 1.